The van der Waals surface area contributed by atoms with Gasteiger partial charge in [-0.1, -0.05) is 127 Å². The third-order valence-corrected chi connectivity index (χ3v) is 11.3. The molecule has 0 unspecified atom stereocenters. The van der Waals surface area contributed by atoms with Gasteiger partial charge in [0.1, 0.15) is 5.94 Å². The van der Waals surface area contributed by atoms with Crippen molar-refractivity contribution in [2.45, 2.75) is 69.2 Å². The predicted molar refractivity (Wildman–Crippen MR) is 266 cm³/mol. The zero-order valence-corrected chi connectivity index (χ0v) is 43.1. The van der Waals surface area contributed by atoms with Crippen LogP contribution in [-0.4, -0.2) is 42.1 Å². The van der Waals surface area contributed by atoms with Gasteiger partial charge >= 0.3 is 59.6 Å². The Balaban J connectivity index is 0.000000458. The Labute approximate surface area is 409 Å². The van der Waals surface area contributed by atoms with Crippen LogP contribution in [0.1, 0.15) is 73.0 Å². The number of hydrogen-bond acceptors (Lipinski definition) is 6. The summed E-state index contributed by atoms with van der Waals surface area (Å²) in [5.41, 5.74) is 9.60. The number of halogens is 6. The minimum atomic E-state index is -10.7. The average Bonchev–Trinajstić information content (AvgIpc) is 3.89. The van der Waals surface area contributed by atoms with Gasteiger partial charge in [0.25, 0.3) is 0 Å². The molecule has 0 atom stereocenters. The molecule has 19 heteroatoms. The Morgan fingerprint density at radius 1 is 0.559 bits per heavy atom. The fourth-order valence-electron chi connectivity index (χ4n) is 6.59. The van der Waals surface area contributed by atoms with Crippen molar-refractivity contribution >= 4 is 56.9 Å². The molecule has 0 amide bonds. The van der Waals surface area contributed by atoms with Crippen molar-refractivity contribution in [3.8, 4) is 12.1 Å². The number of rotatable bonds is 8. The molecule has 4 aromatic carbocycles. The van der Waals surface area contributed by atoms with E-state index >= 15 is 0 Å². The minimum absolute atomic E-state index is 0. The van der Waals surface area contributed by atoms with Crippen LogP contribution >= 0.6 is 15.7 Å². The van der Waals surface area contributed by atoms with E-state index in [0.717, 1.165) is 45.3 Å². The normalized spacial score (nSPS) is 11.0. The first-order chi connectivity index (χ1) is 31.3. The molecule has 9 nitrogen and oxygen atoms in total. The van der Waals surface area contributed by atoms with Crippen LogP contribution in [0.5, 0.6) is 0 Å². The molecule has 0 saturated heterocycles. The van der Waals surface area contributed by atoms with Crippen LogP contribution in [0.2, 0.25) is 0 Å². The van der Waals surface area contributed by atoms with Gasteiger partial charge in [-0.05, 0) is 126 Å². The van der Waals surface area contributed by atoms with Crippen molar-refractivity contribution < 1.29 is 49.5 Å². The average molecular weight is 1060 g/mol. The summed E-state index contributed by atoms with van der Waals surface area (Å²) in [7, 11) is -12.4. The summed E-state index contributed by atoms with van der Waals surface area (Å²) < 4.78 is 65.4. The third-order valence-electron chi connectivity index (χ3n) is 8.81. The van der Waals surface area contributed by atoms with Crippen LogP contribution in [0.4, 0.5) is 25.2 Å². The van der Waals surface area contributed by atoms with Crippen LogP contribution < -0.4 is 15.9 Å². The molecular weight excluding hydrogens is 1000 g/mol. The SMILES string of the molecule is CC#N.CC#N.CC(C)=Cc1ccccc1C=C=O.Cc1cc(C)n([BH-](n2nc(C)cc2C)n2nc(C)cc2C)n1.F[P-](F)(F)(F)(F)F.[Ru+2].c1ccc(P(c2ccccc2)c2ccccc2)cc1. The van der Waals surface area contributed by atoms with Crippen LogP contribution in [0.25, 0.3) is 12.2 Å². The molecule has 3 heterocycles. The zero-order chi connectivity index (χ0) is 50.4. The summed E-state index contributed by atoms with van der Waals surface area (Å²) in [5, 5.41) is 32.9. The molecule has 68 heavy (non-hydrogen) atoms. The standard InChI is InChI=1S/C18H15P.C15H22BN6.C12H12O.2C2H3N.F6P.Ru/c1-4-10-16(11-5-1)19(17-12-6-2-7-13-17)18-14-8-3-9-15-18;1-10-7-13(4)20(17-10)16(21-14(5)8-11(2)18-21)22-15(6)9-12(3)19-22;1-10(2)9-12-6-4-3-5-11(12)7-8-13;2*1-2-3;1-7(2,3,4,5)6;/h1-15H;7-9,16H,1-6H3;3-7,9H,1-2H3;2*1H3;;/q;-1;;;;-1;+2. The first kappa shape index (κ1) is 59.8. The Bertz CT molecular complexity index is 2570. The topological polar surface area (TPSA) is 118 Å². The number of benzene rings is 4. The van der Waals surface area contributed by atoms with Crippen LogP contribution in [-0.2, 0) is 24.3 Å². The number of nitriles is 2. The summed E-state index contributed by atoms with van der Waals surface area (Å²) in [5.74, 6) is 1.79. The minimum Gasteiger partial charge on any atom is -0.0622 e. The predicted octanol–water partition coefficient (Wildman–Crippen LogP) is 12.6. The molecule has 0 fully saturated rings. The summed E-state index contributed by atoms with van der Waals surface area (Å²) in [4.78, 5) is 10.2. The maximum atomic E-state index is 10.2. The monoisotopic (exact) mass is 1060 g/mol. The molecule has 0 radical (unpaired) electrons. The Morgan fingerprint density at radius 3 is 1.06 bits per heavy atom. The zero-order valence-electron chi connectivity index (χ0n) is 39.6. The molecule has 0 aliphatic heterocycles. The van der Waals surface area contributed by atoms with E-state index < -0.39 is 22.8 Å². The van der Waals surface area contributed by atoms with Gasteiger partial charge in [-0.25, -0.2) is 20.1 Å². The largest absolute Gasteiger partial charge is 2.00 e. The molecule has 0 aliphatic carbocycles. The molecule has 0 saturated carbocycles. The van der Waals surface area contributed by atoms with Crippen molar-refractivity contribution in [1.82, 2.24) is 29.1 Å². The number of carbonyl (C=O) groups excluding carboxylic acids is 1. The first-order valence-electron chi connectivity index (χ1n) is 20.7. The van der Waals surface area contributed by atoms with Gasteiger partial charge in [-0.3, -0.25) is 0 Å². The summed E-state index contributed by atoms with van der Waals surface area (Å²) >= 11 is 0. The molecule has 0 aliphatic rings. The molecule has 0 spiro atoms. The van der Waals surface area contributed by atoms with Gasteiger partial charge in [0.05, 0.1) is 29.2 Å². The molecular formula is C49H55BF6N8OP2Ru. The van der Waals surface area contributed by atoms with E-state index in [2.05, 4.69) is 144 Å². The number of allylic oxidation sites excluding steroid dienone is 1. The van der Waals surface area contributed by atoms with Gasteiger partial charge < -0.3 is 13.8 Å². The second-order valence-electron chi connectivity index (χ2n) is 15.1. The van der Waals surface area contributed by atoms with E-state index in [1.165, 1.54) is 41.4 Å². The maximum Gasteiger partial charge on any atom is 2.00 e. The van der Waals surface area contributed by atoms with E-state index in [0.29, 0.717) is 0 Å². The third kappa shape index (κ3) is 22.5. The Morgan fingerprint density at radius 2 is 0.824 bits per heavy atom. The fraction of sp³-hybridized carbons (Fsp3) is 0.204. The smallest absolute Gasteiger partial charge is 0.0622 e. The summed E-state index contributed by atoms with van der Waals surface area (Å²) in [6, 6.07) is 49.9. The first-order valence-corrected chi connectivity index (χ1v) is 24.0. The fourth-order valence-corrected chi connectivity index (χ4v) is 8.90. The molecule has 7 rings (SSSR count). The van der Waals surface area contributed by atoms with Crippen LogP contribution in [0, 0.1) is 64.2 Å². The van der Waals surface area contributed by atoms with E-state index in [9.17, 15) is 30.0 Å². The second kappa shape index (κ2) is 27.0. The van der Waals surface area contributed by atoms with Crippen molar-refractivity contribution in [3.05, 3.63) is 184 Å². The molecule has 0 bridgehead atoms. The Hall–Kier alpha value is -6.19. The summed E-state index contributed by atoms with van der Waals surface area (Å²) in [6.45, 7) is 19.2. The second-order valence-corrected chi connectivity index (χ2v) is 19.2. The maximum absolute atomic E-state index is 10.7. The van der Waals surface area contributed by atoms with Crippen LogP contribution in [0.15, 0.2) is 139 Å². The van der Waals surface area contributed by atoms with E-state index in [-0.39, 0.29) is 19.5 Å². The van der Waals surface area contributed by atoms with Gasteiger partial charge in [0.2, 0.25) is 0 Å². The van der Waals surface area contributed by atoms with Crippen LogP contribution in [0.3, 0.4) is 0 Å². The number of aryl methyl sites for hydroxylation is 6. The van der Waals surface area contributed by atoms with E-state index in [1.807, 2.05) is 65.0 Å². The molecule has 0 N–H and O–H groups in total. The van der Waals surface area contributed by atoms with Crippen molar-refractivity contribution in [2.24, 2.45) is 0 Å². The Kier molecular flexibility index (Phi) is 23.7. The number of aromatic nitrogens is 6. The quantitative estimate of drug-likeness (QED) is 0.0647. The van der Waals surface area contributed by atoms with E-state index in [1.54, 1.807) is 18.1 Å². The van der Waals surface area contributed by atoms with Gasteiger partial charge in [-0.2, -0.15) is 10.5 Å². The molecule has 360 valence electrons. The number of hydrogen-bond donors (Lipinski definition) is 0. The molecule has 7 aromatic rings. The van der Waals surface area contributed by atoms with Gasteiger partial charge in [-0.15, -0.1) is 0 Å². The van der Waals surface area contributed by atoms with E-state index in [4.69, 9.17) is 25.8 Å². The number of nitrogens with zero attached hydrogens (tertiary/aromatic N) is 8. The summed E-state index contributed by atoms with van der Waals surface area (Å²) in [6.07, 6.45) is 3.50. The van der Waals surface area contributed by atoms with Crippen molar-refractivity contribution in [2.75, 3.05) is 0 Å². The van der Waals surface area contributed by atoms with Gasteiger partial charge in [0.15, 0.2) is 0 Å². The van der Waals surface area contributed by atoms with Crippen molar-refractivity contribution in [3.63, 3.8) is 0 Å². The van der Waals surface area contributed by atoms with Crippen molar-refractivity contribution in [1.29, 1.82) is 10.5 Å². The van der Waals surface area contributed by atoms with Gasteiger partial charge in [0, 0.05) is 19.9 Å². The molecule has 3 aromatic heterocycles.